The van der Waals surface area contributed by atoms with Crippen molar-refractivity contribution in [3.05, 3.63) is 59.9 Å². The number of halogens is 1. The number of anilines is 1. The van der Waals surface area contributed by atoms with Gasteiger partial charge in [0.25, 0.3) is 0 Å². The van der Waals surface area contributed by atoms with E-state index in [-0.39, 0.29) is 17.4 Å². The third-order valence-corrected chi connectivity index (χ3v) is 5.68. The zero-order valence-corrected chi connectivity index (χ0v) is 17.5. The van der Waals surface area contributed by atoms with E-state index < -0.39 is 12.0 Å². The maximum atomic E-state index is 14.7. The molecule has 0 spiro atoms. The van der Waals surface area contributed by atoms with Crippen molar-refractivity contribution in [1.29, 1.82) is 0 Å². The summed E-state index contributed by atoms with van der Waals surface area (Å²) in [5, 5.41) is 9.08. The van der Waals surface area contributed by atoms with Gasteiger partial charge in [0.05, 0.1) is 5.69 Å². The van der Waals surface area contributed by atoms with Crippen LogP contribution in [0.1, 0.15) is 38.5 Å². The van der Waals surface area contributed by atoms with Gasteiger partial charge < -0.3 is 4.74 Å². The Balaban J connectivity index is 1.87. The Bertz CT molecular complexity index is 1080. The Kier molecular flexibility index (Phi) is 5.94. The Morgan fingerprint density at radius 3 is 2.70 bits per heavy atom. The Morgan fingerprint density at radius 2 is 1.93 bits per heavy atom. The van der Waals surface area contributed by atoms with Gasteiger partial charge in [0, 0.05) is 23.8 Å². The van der Waals surface area contributed by atoms with E-state index in [0.717, 1.165) is 18.6 Å². The minimum Gasteiger partial charge on any atom is -0.447 e. The molecule has 2 aromatic carbocycles. The number of ether oxygens (including phenoxy) is 1. The quantitative estimate of drug-likeness (QED) is 0.423. The van der Waals surface area contributed by atoms with Crippen LogP contribution in [0.2, 0.25) is 0 Å². The van der Waals surface area contributed by atoms with Crippen LogP contribution in [0.5, 0.6) is 5.88 Å². The molecule has 1 aliphatic heterocycles. The molecule has 0 saturated heterocycles. The van der Waals surface area contributed by atoms with Crippen molar-refractivity contribution in [2.24, 2.45) is 0 Å². The molecule has 0 unspecified atom stereocenters. The van der Waals surface area contributed by atoms with Crippen molar-refractivity contribution < 1.29 is 13.9 Å². The summed E-state index contributed by atoms with van der Waals surface area (Å²) in [4.78, 5) is 18.6. The van der Waals surface area contributed by atoms with E-state index in [1.807, 2.05) is 18.2 Å². The molecular weight excluding hydrogens is 403 g/mol. The van der Waals surface area contributed by atoms with Crippen molar-refractivity contribution in [2.45, 2.75) is 38.1 Å². The third-order valence-electron chi connectivity index (χ3n) is 4.75. The van der Waals surface area contributed by atoms with Crippen LogP contribution < -0.4 is 9.64 Å². The number of aromatic nitrogens is 3. The molecule has 1 aliphatic rings. The number of amides is 1. The standard InChI is InChI=1S/C22H21FN4O2S/c1-3-4-13-30-22-24-20-19(25-26-22)16-10-6-8-12-18(16)27(14(2)28)21(29-20)15-9-5-7-11-17(15)23/h5-12,21H,3-4,13H2,1-2H3/t21-/m1/s1. The summed E-state index contributed by atoms with van der Waals surface area (Å²) in [5.74, 6) is 0.348. The maximum Gasteiger partial charge on any atom is 0.247 e. The van der Waals surface area contributed by atoms with E-state index in [2.05, 4.69) is 22.1 Å². The lowest BCUT2D eigenvalue weighted by atomic mass is 10.1. The van der Waals surface area contributed by atoms with Gasteiger partial charge in [-0.1, -0.05) is 61.5 Å². The predicted octanol–water partition coefficient (Wildman–Crippen LogP) is 5.01. The topological polar surface area (TPSA) is 68.2 Å². The first-order chi connectivity index (χ1) is 14.6. The highest BCUT2D eigenvalue weighted by Gasteiger charge is 2.35. The molecule has 3 aromatic rings. The summed E-state index contributed by atoms with van der Waals surface area (Å²) in [5.41, 5.74) is 1.90. The van der Waals surface area contributed by atoms with E-state index in [1.165, 1.54) is 29.7 Å². The highest BCUT2D eigenvalue weighted by Crippen LogP contribution is 2.43. The Morgan fingerprint density at radius 1 is 1.17 bits per heavy atom. The van der Waals surface area contributed by atoms with Crippen LogP contribution in [0.4, 0.5) is 10.1 Å². The fourth-order valence-electron chi connectivity index (χ4n) is 3.30. The van der Waals surface area contributed by atoms with Crippen molar-refractivity contribution >= 4 is 23.4 Å². The fourth-order valence-corrected chi connectivity index (χ4v) is 4.16. The number of carbonyl (C=O) groups is 1. The zero-order valence-electron chi connectivity index (χ0n) is 16.7. The number of nitrogens with zero attached hydrogens (tertiary/aromatic N) is 4. The lowest BCUT2D eigenvalue weighted by molar-refractivity contribution is -0.118. The van der Waals surface area contributed by atoms with Crippen LogP contribution in [0.15, 0.2) is 53.7 Å². The summed E-state index contributed by atoms with van der Waals surface area (Å²) >= 11 is 1.49. The molecule has 2 heterocycles. The molecule has 0 bridgehead atoms. The highest BCUT2D eigenvalue weighted by molar-refractivity contribution is 7.99. The Labute approximate surface area is 178 Å². The molecule has 4 rings (SSSR count). The molecule has 0 saturated carbocycles. The number of unbranched alkanes of at least 4 members (excludes halogenated alkanes) is 1. The summed E-state index contributed by atoms with van der Waals surface area (Å²) in [6.45, 7) is 3.54. The molecule has 1 atom stereocenters. The van der Waals surface area contributed by atoms with E-state index in [0.29, 0.717) is 22.1 Å². The van der Waals surface area contributed by atoms with E-state index >= 15 is 0 Å². The first-order valence-electron chi connectivity index (χ1n) is 9.78. The average Bonchev–Trinajstić information content (AvgIpc) is 2.88. The molecule has 30 heavy (non-hydrogen) atoms. The van der Waals surface area contributed by atoms with Crippen molar-refractivity contribution in [3.8, 4) is 17.1 Å². The van der Waals surface area contributed by atoms with E-state index in [1.54, 1.807) is 24.3 Å². The van der Waals surface area contributed by atoms with Gasteiger partial charge in [-0.3, -0.25) is 9.69 Å². The second-order valence-electron chi connectivity index (χ2n) is 6.85. The molecule has 0 radical (unpaired) electrons. The smallest absolute Gasteiger partial charge is 0.247 e. The maximum absolute atomic E-state index is 14.7. The van der Waals surface area contributed by atoms with Gasteiger partial charge >= 0.3 is 0 Å². The van der Waals surface area contributed by atoms with Gasteiger partial charge in [-0.15, -0.1) is 10.2 Å². The molecule has 1 amide bonds. The largest absolute Gasteiger partial charge is 0.447 e. The second kappa shape index (κ2) is 8.79. The number of thioether (sulfide) groups is 1. The van der Waals surface area contributed by atoms with Crippen LogP contribution >= 0.6 is 11.8 Å². The lowest BCUT2D eigenvalue weighted by Crippen LogP contribution is -2.36. The van der Waals surface area contributed by atoms with Crippen LogP contribution in [0, 0.1) is 5.82 Å². The predicted molar refractivity (Wildman–Crippen MR) is 114 cm³/mol. The molecule has 0 aliphatic carbocycles. The van der Waals surface area contributed by atoms with E-state index in [4.69, 9.17) is 4.74 Å². The number of hydrogen-bond acceptors (Lipinski definition) is 6. The normalized spacial score (nSPS) is 15.0. The second-order valence-corrected chi connectivity index (χ2v) is 7.91. The van der Waals surface area contributed by atoms with Crippen molar-refractivity contribution in [3.63, 3.8) is 0 Å². The summed E-state index contributed by atoms with van der Waals surface area (Å²) in [7, 11) is 0. The minimum absolute atomic E-state index is 0.230. The number of fused-ring (bicyclic) bond motifs is 3. The van der Waals surface area contributed by atoms with Gasteiger partial charge in [0.1, 0.15) is 5.82 Å². The number of para-hydroxylation sites is 1. The van der Waals surface area contributed by atoms with Crippen molar-refractivity contribution in [1.82, 2.24) is 15.2 Å². The zero-order chi connectivity index (χ0) is 21.1. The molecule has 0 fully saturated rings. The van der Waals surface area contributed by atoms with E-state index in [9.17, 15) is 9.18 Å². The molecule has 8 heteroatoms. The third kappa shape index (κ3) is 3.87. The minimum atomic E-state index is -1.02. The monoisotopic (exact) mass is 424 g/mol. The summed E-state index contributed by atoms with van der Waals surface area (Å²) < 4.78 is 20.9. The van der Waals surface area contributed by atoms with Gasteiger partial charge in [0.15, 0.2) is 5.69 Å². The first-order valence-corrected chi connectivity index (χ1v) is 10.8. The molecule has 154 valence electrons. The SMILES string of the molecule is CCCCSc1nnc2c(n1)O[C@H](c1ccccc1F)N(C(C)=O)c1ccccc1-2. The number of hydrogen-bond donors (Lipinski definition) is 0. The summed E-state index contributed by atoms with van der Waals surface area (Å²) in [6.07, 6.45) is 1.08. The van der Waals surface area contributed by atoms with Gasteiger partial charge in [0.2, 0.25) is 23.2 Å². The molecule has 6 nitrogen and oxygen atoms in total. The van der Waals surface area contributed by atoms with Crippen LogP contribution in [0.3, 0.4) is 0 Å². The van der Waals surface area contributed by atoms with Crippen LogP contribution in [-0.2, 0) is 4.79 Å². The molecule has 1 aromatic heterocycles. The fraction of sp³-hybridized carbons (Fsp3) is 0.273. The lowest BCUT2D eigenvalue weighted by Gasteiger charge is -2.30. The van der Waals surface area contributed by atoms with Gasteiger partial charge in [-0.25, -0.2) is 4.39 Å². The number of benzene rings is 2. The number of rotatable bonds is 5. The summed E-state index contributed by atoms with van der Waals surface area (Å²) in [6, 6.07) is 13.5. The van der Waals surface area contributed by atoms with Crippen molar-refractivity contribution in [2.75, 3.05) is 10.7 Å². The average molecular weight is 425 g/mol. The Hall–Kier alpha value is -3.00. The first kappa shape index (κ1) is 20.3. The van der Waals surface area contributed by atoms with Gasteiger partial charge in [-0.05, 0) is 18.6 Å². The van der Waals surface area contributed by atoms with Crippen LogP contribution in [-0.4, -0.2) is 26.8 Å². The highest BCUT2D eigenvalue weighted by atomic mass is 32.2. The van der Waals surface area contributed by atoms with Gasteiger partial charge in [-0.2, -0.15) is 4.98 Å². The van der Waals surface area contributed by atoms with Crippen LogP contribution in [0.25, 0.3) is 11.3 Å². The number of carbonyl (C=O) groups excluding carboxylic acids is 1. The molecular formula is C22H21FN4O2S. The molecule has 0 N–H and O–H groups in total.